The number of esters is 1. The van der Waals surface area contributed by atoms with E-state index in [0.717, 1.165) is 0 Å². The minimum Gasteiger partial charge on any atom is -0.508 e. The average Bonchev–Trinajstić information content (AvgIpc) is 2.67. The lowest BCUT2D eigenvalue weighted by atomic mass is 10.1. The molecule has 0 atom stereocenters. The largest absolute Gasteiger partial charge is 0.508 e. The van der Waals surface area contributed by atoms with Crippen LogP contribution in [0.3, 0.4) is 0 Å². The number of methoxy groups -OCH3 is 1. The molecule has 7 nitrogen and oxygen atoms in total. The second-order valence-corrected chi connectivity index (χ2v) is 5.78. The van der Waals surface area contributed by atoms with Gasteiger partial charge in [-0.1, -0.05) is 0 Å². The number of hydrogen-bond acceptors (Lipinski definition) is 7. The van der Waals surface area contributed by atoms with Crippen LogP contribution in [0.15, 0.2) is 51.7 Å². The molecule has 27 heavy (non-hydrogen) atoms. The molecule has 0 unspecified atom stereocenters. The van der Waals surface area contributed by atoms with E-state index in [2.05, 4.69) is 4.74 Å². The van der Waals surface area contributed by atoms with Crippen LogP contribution in [-0.2, 0) is 4.74 Å². The molecular weight excluding hydrogens is 352 g/mol. The van der Waals surface area contributed by atoms with Crippen LogP contribution in [0.4, 0.5) is 0 Å². The molecule has 1 heterocycles. The van der Waals surface area contributed by atoms with Gasteiger partial charge < -0.3 is 24.1 Å². The summed E-state index contributed by atoms with van der Waals surface area (Å²) in [7, 11) is 1.19. The van der Waals surface area contributed by atoms with Crippen LogP contribution >= 0.6 is 0 Å². The minimum atomic E-state index is -0.736. The second kappa shape index (κ2) is 7.92. The number of fused-ring (bicyclic) bond motifs is 1. The minimum absolute atomic E-state index is 0.0485. The number of phenolic OH excluding ortho intramolecular Hbond substituents is 1. The van der Waals surface area contributed by atoms with Crippen LogP contribution in [-0.4, -0.2) is 36.5 Å². The highest BCUT2D eigenvalue weighted by atomic mass is 16.5. The molecule has 3 aromatic rings. The molecule has 0 aliphatic rings. The highest BCUT2D eigenvalue weighted by Gasteiger charge is 2.18. The van der Waals surface area contributed by atoms with Crippen molar-refractivity contribution in [3.63, 3.8) is 0 Å². The van der Waals surface area contributed by atoms with Crippen molar-refractivity contribution in [1.82, 2.24) is 0 Å². The Hall–Kier alpha value is -3.32. The Balaban J connectivity index is 2.01. The zero-order valence-corrected chi connectivity index (χ0v) is 14.6. The molecule has 2 N–H and O–H groups in total. The molecule has 0 aliphatic heterocycles. The SMILES string of the molecule is COC(=O)c1cc(O)cc2oc(-c3ccc(OCCCO)cc3)cc(=O)c12. The van der Waals surface area contributed by atoms with E-state index in [0.29, 0.717) is 24.3 Å². The molecule has 0 fully saturated rings. The van der Waals surface area contributed by atoms with E-state index in [1.54, 1.807) is 24.3 Å². The summed E-state index contributed by atoms with van der Waals surface area (Å²) in [6, 6.07) is 10.6. The van der Waals surface area contributed by atoms with Gasteiger partial charge in [0.1, 0.15) is 22.8 Å². The molecule has 7 heteroatoms. The highest BCUT2D eigenvalue weighted by Crippen LogP contribution is 2.28. The molecule has 0 saturated carbocycles. The Morgan fingerprint density at radius 2 is 1.89 bits per heavy atom. The predicted molar refractivity (Wildman–Crippen MR) is 98.1 cm³/mol. The zero-order valence-electron chi connectivity index (χ0n) is 14.6. The Morgan fingerprint density at radius 1 is 1.15 bits per heavy atom. The summed E-state index contributed by atoms with van der Waals surface area (Å²) in [5.74, 6) is -0.0343. The van der Waals surface area contributed by atoms with Gasteiger partial charge in [0, 0.05) is 30.7 Å². The Labute approximate surface area is 154 Å². The van der Waals surface area contributed by atoms with E-state index < -0.39 is 11.4 Å². The molecule has 2 aromatic carbocycles. The van der Waals surface area contributed by atoms with E-state index >= 15 is 0 Å². The smallest absolute Gasteiger partial charge is 0.338 e. The summed E-state index contributed by atoms with van der Waals surface area (Å²) in [6.07, 6.45) is 0.535. The Kier molecular flexibility index (Phi) is 5.42. The predicted octanol–water partition coefficient (Wildman–Crippen LogP) is 2.71. The maximum Gasteiger partial charge on any atom is 0.338 e. The fourth-order valence-electron chi connectivity index (χ4n) is 2.66. The molecule has 0 saturated heterocycles. The van der Waals surface area contributed by atoms with E-state index in [1.807, 2.05) is 0 Å². The maximum atomic E-state index is 12.6. The summed E-state index contributed by atoms with van der Waals surface area (Å²) in [6.45, 7) is 0.456. The number of carbonyl (C=O) groups is 1. The third-order valence-electron chi connectivity index (χ3n) is 3.93. The van der Waals surface area contributed by atoms with Gasteiger partial charge in [-0.05, 0) is 30.3 Å². The van der Waals surface area contributed by atoms with Gasteiger partial charge in [0.25, 0.3) is 0 Å². The third kappa shape index (κ3) is 3.93. The van der Waals surface area contributed by atoms with Crippen molar-refractivity contribution in [1.29, 1.82) is 0 Å². The summed E-state index contributed by atoms with van der Waals surface area (Å²) in [5.41, 5.74) is 0.239. The van der Waals surface area contributed by atoms with Gasteiger partial charge in [-0.15, -0.1) is 0 Å². The van der Waals surface area contributed by atoms with Crippen LogP contribution in [0.25, 0.3) is 22.3 Å². The van der Waals surface area contributed by atoms with Crippen molar-refractivity contribution in [2.75, 3.05) is 20.3 Å². The quantitative estimate of drug-likeness (QED) is 0.507. The molecule has 1 aromatic heterocycles. The van der Waals surface area contributed by atoms with Gasteiger partial charge in [-0.3, -0.25) is 4.79 Å². The summed E-state index contributed by atoms with van der Waals surface area (Å²) in [5, 5.41) is 18.7. The first-order chi connectivity index (χ1) is 13.0. The van der Waals surface area contributed by atoms with Gasteiger partial charge in [0.15, 0.2) is 5.43 Å². The lowest BCUT2D eigenvalue weighted by Gasteiger charge is -2.08. The van der Waals surface area contributed by atoms with E-state index in [-0.39, 0.29) is 34.6 Å². The fourth-order valence-corrected chi connectivity index (χ4v) is 2.66. The number of rotatable bonds is 6. The van der Waals surface area contributed by atoms with Crippen LogP contribution in [0, 0.1) is 0 Å². The molecular formula is C20H18O7. The Morgan fingerprint density at radius 3 is 2.56 bits per heavy atom. The maximum absolute atomic E-state index is 12.6. The Bertz CT molecular complexity index is 1020. The molecule has 0 radical (unpaired) electrons. The first-order valence-corrected chi connectivity index (χ1v) is 8.26. The molecule has 0 bridgehead atoms. The first-order valence-electron chi connectivity index (χ1n) is 8.26. The standard InChI is InChI=1S/C20H18O7/c1-25-20(24)15-9-13(22)10-18-19(15)16(23)11-17(27-18)12-3-5-14(6-4-12)26-8-2-7-21/h3-6,9-11,21-22H,2,7-8H2,1H3. The molecule has 3 rings (SSSR count). The summed E-state index contributed by atoms with van der Waals surface area (Å²) >= 11 is 0. The van der Waals surface area contributed by atoms with E-state index in [9.17, 15) is 14.7 Å². The monoisotopic (exact) mass is 370 g/mol. The number of aliphatic hydroxyl groups is 1. The number of phenols is 1. The fraction of sp³-hybridized carbons (Fsp3) is 0.200. The number of carbonyl (C=O) groups excluding carboxylic acids is 1. The lowest BCUT2D eigenvalue weighted by molar-refractivity contribution is 0.0602. The van der Waals surface area contributed by atoms with E-state index in [4.69, 9.17) is 14.3 Å². The number of benzene rings is 2. The van der Waals surface area contributed by atoms with Crippen LogP contribution in [0.5, 0.6) is 11.5 Å². The van der Waals surface area contributed by atoms with Gasteiger partial charge in [0.2, 0.25) is 0 Å². The highest BCUT2D eigenvalue weighted by molar-refractivity contribution is 6.03. The van der Waals surface area contributed by atoms with Crippen LogP contribution < -0.4 is 10.2 Å². The summed E-state index contributed by atoms with van der Waals surface area (Å²) in [4.78, 5) is 24.5. The van der Waals surface area contributed by atoms with Crippen molar-refractivity contribution in [2.45, 2.75) is 6.42 Å². The van der Waals surface area contributed by atoms with Gasteiger partial charge in [-0.2, -0.15) is 0 Å². The molecule has 0 spiro atoms. The second-order valence-electron chi connectivity index (χ2n) is 5.78. The topological polar surface area (TPSA) is 106 Å². The average molecular weight is 370 g/mol. The van der Waals surface area contributed by atoms with Crippen molar-refractivity contribution in [3.05, 3.63) is 58.3 Å². The summed E-state index contributed by atoms with van der Waals surface area (Å²) < 4.78 is 15.9. The van der Waals surface area contributed by atoms with Gasteiger partial charge >= 0.3 is 5.97 Å². The first kappa shape index (κ1) is 18.5. The van der Waals surface area contributed by atoms with Crippen molar-refractivity contribution >= 4 is 16.9 Å². The lowest BCUT2D eigenvalue weighted by Crippen LogP contribution is -2.09. The van der Waals surface area contributed by atoms with E-state index in [1.165, 1.54) is 25.3 Å². The zero-order chi connectivity index (χ0) is 19.4. The number of aromatic hydroxyl groups is 1. The molecule has 0 aliphatic carbocycles. The number of hydrogen-bond donors (Lipinski definition) is 2. The normalized spacial score (nSPS) is 10.7. The number of aliphatic hydroxyl groups excluding tert-OH is 1. The molecule has 0 amide bonds. The third-order valence-corrected chi connectivity index (χ3v) is 3.93. The van der Waals surface area contributed by atoms with Crippen LogP contribution in [0.2, 0.25) is 0 Å². The van der Waals surface area contributed by atoms with Crippen LogP contribution in [0.1, 0.15) is 16.8 Å². The van der Waals surface area contributed by atoms with Crippen molar-refractivity contribution in [3.8, 4) is 22.8 Å². The van der Waals surface area contributed by atoms with Gasteiger partial charge in [0.05, 0.1) is 24.7 Å². The van der Waals surface area contributed by atoms with Gasteiger partial charge in [-0.25, -0.2) is 4.79 Å². The van der Waals surface area contributed by atoms with Crippen molar-refractivity contribution in [2.24, 2.45) is 0 Å². The number of ether oxygens (including phenoxy) is 2. The van der Waals surface area contributed by atoms with Crippen molar-refractivity contribution < 1.29 is 28.9 Å². The molecule has 140 valence electrons.